The Morgan fingerprint density at radius 3 is 2.65 bits per heavy atom. The molecule has 0 unspecified atom stereocenters. The van der Waals surface area contributed by atoms with Gasteiger partial charge in [-0.25, -0.2) is 0 Å². The first-order valence-electron chi connectivity index (χ1n) is 6.03. The van der Waals surface area contributed by atoms with Gasteiger partial charge in [0.05, 0.1) is 11.9 Å². The Morgan fingerprint density at radius 1 is 1.41 bits per heavy atom. The smallest absolute Gasteiger partial charge is 0.125 e. The highest BCUT2D eigenvalue weighted by molar-refractivity contribution is 6.00. The summed E-state index contributed by atoms with van der Waals surface area (Å²) in [6.45, 7) is 6.64. The van der Waals surface area contributed by atoms with Crippen LogP contribution in [0.1, 0.15) is 32.3 Å². The van der Waals surface area contributed by atoms with Gasteiger partial charge in [-0.2, -0.15) is 0 Å². The third-order valence-electron chi connectivity index (χ3n) is 3.55. The van der Waals surface area contributed by atoms with E-state index < -0.39 is 0 Å². The third-order valence-corrected chi connectivity index (χ3v) is 3.55. The molecule has 0 saturated carbocycles. The van der Waals surface area contributed by atoms with E-state index in [2.05, 4.69) is 23.7 Å². The van der Waals surface area contributed by atoms with Crippen molar-refractivity contribution >= 4 is 11.5 Å². The molecule has 92 valence electrons. The second-order valence-corrected chi connectivity index (χ2v) is 5.46. The lowest BCUT2D eigenvalue weighted by Crippen LogP contribution is -2.38. The second-order valence-electron chi connectivity index (χ2n) is 5.46. The number of nitrogen functional groups attached to an aromatic ring is 1. The number of amidine groups is 1. The fraction of sp³-hybridized carbons (Fsp3) is 0.538. The molecular weight excluding hydrogens is 212 g/mol. The van der Waals surface area contributed by atoms with Crippen molar-refractivity contribution in [3.05, 3.63) is 24.0 Å². The lowest BCUT2D eigenvalue weighted by molar-refractivity contribution is 0.279. The lowest BCUT2D eigenvalue weighted by atomic mass is 9.82. The van der Waals surface area contributed by atoms with Gasteiger partial charge in [0.15, 0.2) is 0 Å². The van der Waals surface area contributed by atoms with Crippen molar-refractivity contribution in [3.8, 4) is 0 Å². The van der Waals surface area contributed by atoms with Gasteiger partial charge in [0.25, 0.3) is 0 Å². The number of hydrogen-bond acceptors (Lipinski definition) is 3. The predicted octanol–water partition coefficient (Wildman–Crippen LogP) is 1.99. The Labute approximate surface area is 102 Å². The van der Waals surface area contributed by atoms with Crippen LogP contribution in [-0.2, 0) is 0 Å². The summed E-state index contributed by atoms with van der Waals surface area (Å²) in [6.07, 6.45) is 5.83. The summed E-state index contributed by atoms with van der Waals surface area (Å²) in [4.78, 5) is 6.43. The summed E-state index contributed by atoms with van der Waals surface area (Å²) in [5, 5.41) is 7.60. The molecule has 2 heterocycles. The maximum Gasteiger partial charge on any atom is 0.125 e. The lowest BCUT2D eigenvalue weighted by Gasteiger charge is -2.38. The molecule has 0 aromatic carbocycles. The number of piperidine rings is 1. The monoisotopic (exact) mass is 232 g/mol. The highest BCUT2D eigenvalue weighted by Crippen LogP contribution is 2.32. The molecular formula is C13H20N4. The van der Waals surface area contributed by atoms with Gasteiger partial charge in [-0.3, -0.25) is 10.4 Å². The minimum absolute atomic E-state index is 0.118. The van der Waals surface area contributed by atoms with Gasteiger partial charge < -0.3 is 10.6 Å². The molecule has 1 saturated heterocycles. The van der Waals surface area contributed by atoms with Crippen molar-refractivity contribution in [2.24, 2.45) is 11.1 Å². The van der Waals surface area contributed by atoms with E-state index in [1.165, 1.54) is 12.8 Å². The van der Waals surface area contributed by atoms with Crippen LogP contribution in [0.2, 0.25) is 0 Å². The van der Waals surface area contributed by atoms with Crippen LogP contribution >= 0.6 is 0 Å². The predicted molar refractivity (Wildman–Crippen MR) is 70.5 cm³/mol. The molecule has 4 heteroatoms. The molecule has 2 rings (SSSR count). The summed E-state index contributed by atoms with van der Waals surface area (Å²) in [6, 6.07) is 1.82. The summed E-state index contributed by atoms with van der Waals surface area (Å²) < 4.78 is 0. The minimum atomic E-state index is 0.118. The fourth-order valence-corrected chi connectivity index (χ4v) is 2.22. The average Bonchev–Trinajstić information content (AvgIpc) is 2.29. The molecule has 0 spiro atoms. The zero-order chi connectivity index (χ0) is 12.5. The van der Waals surface area contributed by atoms with Crippen LogP contribution in [0.4, 0.5) is 5.69 Å². The van der Waals surface area contributed by atoms with Gasteiger partial charge in [0.2, 0.25) is 0 Å². The van der Waals surface area contributed by atoms with Crippen LogP contribution in [0.3, 0.4) is 0 Å². The third kappa shape index (κ3) is 2.57. The van der Waals surface area contributed by atoms with Crippen LogP contribution in [0.15, 0.2) is 18.5 Å². The van der Waals surface area contributed by atoms with Crippen molar-refractivity contribution in [3.63, 3.8) is 0 Å². The maximum absolute atomic E-state index is 7.60. The van der Waals surface area contributed by atoms with E-state index >= 15 is 0 Å². The minimum Gasteiger partial charge on any atom is -0.384 e. The highest BCUT2D eigenvalue weighted by Gasteiger charge is 2.26. The summed E-state index contributed by atoms with van der Waals surface area (Å²) in [5.74, 6) is 0.118. The molecule has 0 radical (unpaired) electrons. The maximum atomic E-state index is 7.60. The Bertz CT molecular complexity index is 415. The summed E-state index contributed by atoms with van der Waals surface area (Å²) in [7, 11) is 0. The first kappa shape index (κ1) is 11.9. The van der Waals surface area contributed by atoms with Crippen LogP contribution < -0.4 is 10.6 Å². The van der Waals surface area contributed by atoms with Crippen LogP contribution in [0, 0.1) is 10.8 Å². The Morgan fingerprint density at radius 2 is 2.06 bits per heavy atom. The van der Waals surface area contributed by atoms with E-state index in [1.54, 1.807) is 6.20 Å². The largest absolute Gasteiger partial charge is 0.384 e. The summed E-state index contributed by atoms with van der Waals surface area (Å²) in [5.41, 5.74) is 7.82. The fourth-order valence-electron chi connectivity index (χ4n) is 2.22. The number of nitrogens with zero attached hydrogens (tertiary/aromatic N) is 2. The van der Waals surface area contributed by atoms with E-state index in [4.69, 9.17) is 11.1 Å². The van der Waals surface area contributed by atoms with Gasteiger partial charge in [0.1, 0.15) is 5.84 Å². The Balaban J connectivity index is 2.21. The van der Waals surface area contributed by atoms with E-state index in [0.29, 0.717) is 5.41 Å². The van der Waals surface area contributed by atoms with Crippen LogP contribution in [0.5, 0.6) is 0 Å². The number of anilines is 1. The molecule has 0 bridgehead atoms. The SMILES string of the molecule is CC1(C)CCN(c2cnccc2C(=N)N)CC1. The van der Waals surface area contributed by atoms with Crippen molar-refractivity contribution < 1.29 is 0 Å². The van der Waals surface area contributed by atoms with Gasteiger partial charge in [0, 0.05) is 24.8 Å². The molecule has 1 fully saturated rings. The molecule has 1 aliphatic rings. The number of aromatic nitrogens is 1. The zero-order valence-corrected chi connectivity index (χ0v) is 10.5. The highest BCUT2D eigenvalue weighted by atomic mass is 15.1. The van der Waals surface area contributed by atoms with Gasteiger partial charge in [-0.15, -0.1) is 0 Å². The number of rotatable bonds is 2. The van der Waals surface area contributed by atoms with E-state index in [0.717, 1.165) is 24.3 Å². The van der Waals surface area contributed by atoms with Crippen LogP contribution in [-0.4, -0.2) is 23.9 Å². The Hall–Kier alpha value is -1.58. The Kier molecular flexibility index (Phi) is 3.05. The number of hydrogen-bond donors (Lipinski definition) is 2. The molecule has 3 N–H and O–H groups in total. The summed E-state index contributed by atoms with van der Waals surface area (Å²) >= 11 is 0. The van der Waals surface area contributed by atoms with Gasteiger partial charge >= 0.3 is 0 Å². The molecule has 0 aliphatic carbocycles. The number of nitrogens with two attached hydrogens (primary N) is 1. The topological polar surface area (TPSA) is 66.0 Å². The average molecular weight is 232 g/mol. The molecule has 17 heavy (non-hydrogen) atoms. The van der Waals surface area contributed by atoms with Crippen molar-refractivity contribution in [2.75, 3.05) is 18.0 Å². The standard InChI is InChI=1S/C13H20N4/c1-13(2)4-7-17(8-5-13)11-9-16-6-3-10(11)12(14)15/h3,6,9H,4-5,7-8H2,1-2H3,(H3,14,15). The van der Waals surface area contributed by atoms with Crippen molar-refractivity contribution in [1.29, 1.82) is 5.41 Å². The molecule has 0 amide bonds. The van der Waals surface area contributed by atoms with E-state index in [1.807, 2.05) is 12.3 Å². The van der Waals surface area contributed by atoms with Crippen molar-refractivity contribution in [1.82, 2.24) is 4.98 Å². The first-order chi connectivity index (χ1) is 7.99. The zero-order valence-electron chi connectivity index (χ0n) is 10.5. The molecule has 1 aliphatic heterocycles. The number of pyridine rings is 1. The molecule has 1 aromatic rings. The molecule has 4 nitrogen and oxygen atoms in total. The quantitative estimate of drug-likeness (QED) is 0.605. The van der Waals surface area contributed by atoms with E-state index in [-0.39, 0.29) is 5.84 Å². The number of nitrogens with one attached hydrogen (secondary N) is 1. The van der Waals surface area contributed by atoms with Gasteiger partial charge in [-0.05, 0) is 24.3 Å². The first-order valence-corrected chi connectivity index (χ1v) is 6.03. The van der Waals surface area contributed by atoms with Crippen LogP contribution in [0.25, 0.3) is 0 Å². The molecule has 1 aromatic heterocycles. The second kappa shape index (κ2) is 4.35. The normalized spacial score (nSPS) is 19.1. The van der Waals surface area contributed by atoms with Gasteiger partial charge in [-0.1, -0.05) is 13.8 Å². The van der Waals surface area contributed by atoms with E-state index in [9.17, 15) is 0 Å². The molecule has 0 atom stereocenters. The van der Waals surface area contributed by atoms with Crippen molar-refractivity contribution in [2.45, 2.75) is 26.7 Å².